The van der Waals surface area contributed by atoms with Gasteiger partial charge in [-0.1, -0.05) is 40.5 Å². The minimum atomic E-state index is -0.403. The first kappa shape index (κ1) is 15.1. The minimum Gasteiger partial charge on any atom is -0.371 e. The molecule has 0 bridgehead atoms. The third kappa shape index (κ3) is 5.04. The molecule has 1 aliphatic carbocycles. The SMILES string of the molecule is CC.CC.COC1(C=O)CCCC1. The van der Waals surface area contributed by atoms with Gasteiger partial charge in [0.15, 0.2) is 6.29 Å². The van der Waals surface area contributed by atoms with E-state index in [4.69, 9.17) is 4.74 Å². The van der Waals surface area contributed by atoms with Crippen LogP contribution in [0.5, 0.6) is 0 Å². The van der Waals surface area contributed by atoms with Crippen molar-refractivity contribution >= 4 is 6.29 Å². The van der Waals surface area contributed by atoms with Gasteiger partial charge in [-0.2, -0.15) is 0 Å². The average molecular weight is 188 g/mol. The molecule has 0 aliphatic heterocycles. The van der Waals surface area contributed by atoms with E-state index >= 15 is 0 Å². The predicted molar refractivity (Wildman–Crippen MR) is 57.0 cm³/mol. The fraction of sp³-hybridized carbons (Fsp3) is 0.909. The van der Waals surface area contributed by atoms with E-state index in [0.29, 0.717) is 0 Å². The zero-order chi connectivity index (χ0) is 10.7. The first-order valence-electron chi connectivity index (χ1n) is 5.34. The Labute approximate surface area is 82.7 Å². The van der Waals surface area contributed by atoms with Crippen molar-refractivity contribution in [1.82, 2.24) is 0 Å². The van der Waals surface area contributed by atoms with Gasteiger partial charge in [-0.3, -0.25) is 0 Å². The molecule has 0 N–H and O–H groups in total. The number of ether oxygens (including phenoxy) is 1. The lowest BCUT2D eigenvalue weighted by Crippen LogP contribution is -2.28. The maximum atomic E-state index is 10.4. The first-order valence-corrected chi connectivity index (χ1v) is 5.34. The van der Waals surface area contributed by atoms with Crippen LogP contribution in [0.4, 0.5) is 0 Å². The molecule has 2 heteroatoms. The van der Waals surface area contributed by atoms with Crippen LogP contribution in [0, 0.1) is 0 Å². The van der Waals surface area contributed by atoms with E-state index in [9.17, 15) is 4.79 Å². The lowest BCUT2D eigenvalue weighted by atomic mass is 10.1. The van der Waals surface area contributed by atoms with Crippen LogP contribution in [-0.2, 0) is 9.53 Å². The Morgan fingerprint density at radius 1 is 1.08 bits per heavy atom. The maximum Gasteiger partial charge on any atom is 0.151 e. The Kier molecular flexibility index (Phi) is 11.3. The zero-order valence-electron chi connectivity index (χ0n) is 9.72. The lowest BCUT2D eigenvalue weighted by Gasteiger charge is -2.18. The van der Waals surface area contributed by atoms with Gasteiger partial charge in [0, 0.05) is 7.11 Å². The molecule has 0 saturated heterocycles. The molecule has 0 aromatic carbocycles. The summed E-state index contributed by atoms with van der Waals surface area (Å²) in [7, 11) is 1.61. The van der Waals surface area contributed by atoms with E-state index in [2.05, 4.69) is 0 Å². The molecule has 80 valence electrons. The number of hydrogen-bond acceptors (Lipinski definition) is 2. The quantitative estimate of drug-likeness (QED) is 0.622. The fourth-order valence-electron chi connectivity index (χ4n) is 1.34. The Morgan fingerprint density at radius 2 is 1.46 bits per heavy atom. The van der Waals surface area contributed by atoms with Crippen LogP contribution in [0.1, 0.15) is 53.4 Å². The summed E-state index contributed by atoms with van der Waals surface area (Å²) >= 11 is 0. The van der Waals surface area contributed by atoms with Crippen molar-refractivity contribution in [2.45, 2.75) is 59.0 Å². The number of methoxy groups -OCH3 is 1. The van der Waals surface area contributed by atoms with Gasteiger partial charge >= 0.3 is 0 Å². The zero-order valence-corrected chi connectivity index (χ0v) is 9.72. The summed E-state index contributed by atoms with van der Waals surface area (Å²) in [6.45, 7) is 8.00. The Bertz CT molecular complexity index is 105. The summed E-state index contributed by atoms with van der Waals surface area (Å²) in [4.78, 5) is 10.4. The summed E-state index contributed by atoms with van der Waals surface area (Å²) in [6.07, 6.45) is 5.03. The molecular formula is C11H24O2. The molecule has 0 aromatic rings. The van der Waals surface area contributed by atoms with Gasteiger partial charge in [0.2, 0.25) is 0 Å². The van der Waals surface area contributed by atoms with E-state index < -0.39 is 5.60 Å². The van der Waals surface area contributed by atoms with Gasteiger partial charge < -0.3 is 9.53 Å². The second-order valence-corrected chi connectivity index (χ2v) is 2.59. The van der Waals surface area contributed by atoms with Gasteiger partial charge in [-0.05, 0) is 12.8 Å². The number of aldehydes is 1. The molecule has 2 nitrogen and oxygen atoms in total. The number of rotatable bonds is 2. The molecule has 1 saturated carbocycles. The second kappa shape index (κ2) is 9.72. The summed E-state index contributed by atoms with van der Waals surface area (Å²) in [5.41, 5.74) is -0.403. The van der Waals surface area contributed by atoms with Crippen molar-refractivity contribution in [3.63, 3.8) is 0 Å². The Hall–Kier alpha value is -0.370. The second-order valence-electron chi connectivity index (χ2n) is 2.59. The van der Waals surface area contributed by atoms with Crippen molar-refractivity contribution in [1.29, 1.82) is 0 Å². The molecule has 0 radical (unpaired) electrons. The highest BCUT2D eigenvalue weighted by molar-refractivity contribution is 5.62. The van der Waals surface area contributed by atoms with E-state index in [1.807, 2.05) is 27.7 Å². The molecule has 1 fully saturated rings. The fourth-order valence-corrected chi connectivity index (χ4v) is 1.34. The van der Waals surface area contributed by atoms with E-state index in [1.54, 1.807) is 7.11 Å². The summed E-state index contributed by atoms with van der Waals surface area (Å²) in [5, 5.41) is 0. The number of carbonyl (C=O) groups is 1. The summed E-state index contributed by atoms with van der Waals surface area (Å²) in [6, 6.07) is 0. The van der Waals surface area contributed by atoms with Gasteiger partial charge in [-0.25, -0.2) is 0 Å². The average Bonchev–Trinajstić information content (AvgIpc) is 2.73. The summed E-state index contributed by atoms with van der Waals surface area (Å²) in [5.74, 6) is 0. The number of carbonyl (C=O) groups excluding carboxylic acids is 1. The van der Waals surface area contributed by atoms with Crippen molar-refractivity contribution in [3.8, 4) is 0 Å². The van der Waals surface area contributed by atoms with Crippen LogP contribution in [0.3, 0.4) is 0 Å². The van der Waals surface area contributed by atoms with Crippen LogP contribution < -0.4 is 0 Å². The van der Waals surface area contributed by atoms with Crippen molar-refractivity contribution < 1.29 is 9.53 Å². The third-order valence-corrected chi connectivity index (χ3v) is 2.07. The molecule has 0 aromatic heterocycles. The molecule has 0 unspecified atom stereocenters. The van der Waals surface area contributed by atoms with E-state index in [1.165, 1.54) is 0 Å². The van der Waals surface area contributed by atoms with Crippen molar-refractivity contribution in [3.05, 3.63) is 0 Å². The molecule has 1 rings (SSSR count). The van der Waals surface area contributed by atoms with Crippen molar-refractivity contribution in [2.24, 2.45) is 0 Å². The maximum absolute atomic E-state index is 10.4. The summed E-state index contributed by atoms with van der Waals surface area (Å²) < 4.78 is 5.08. The lowest BCUT2D eigenvalue weighted by molar-refractivity contribution is -0.126. The van der Waals surface area contributed by atoms with Gasteiger partial charge in [0.05, 0.1) is 0 Å². The molecule has 1 aliphatic rings. The molecule has 0 spiro atoms. The van der Waals surface area contributed by atoms with Gasteiger partial charge in [0.25, 0.3) is 0 Å². The predicted octanol–water partition coefficient (Wildman–Crippen LogP) is 3.20. The van der Waals surface area contributed by atoms with Crippen LogP contribution in [-0.4, -0.2) is 19.0 Å². The third-order valence-electron chi connectivity index (χ3n) is 2.07. The molecule has 13 heavy (non-hydrogen) atoms. The molecular weight excluding hydrogens is 164 g/mol. The first-order chi connectivity index (χ1) is 6.33. The largest absolute Gasteiger partial charge is 0.371 e. The van der Waals surface area contributed by atoms with Crippen molar-refractivity contribution in [2.75, 3.05) is 7.11 Å². The number of hydrogen-bond donors (Lipinski definition) is 0. The Morgan fingerprint density at radius 3 is 1.62 bits per heavy atom. The molecule has 0 atom stereocenters. The minimum absolute atomic E-state index is 0.403. The Balaban J connectivity index is 0. The highest BCUT2D eigenvalue weighted by Crippen LogP contribution is 2.30. The monoisotopic (exact) mass is 188 g/mol. The molecule has 0 heterocycles. The highest BCUT2D eigenvalue weighted by atomic mass is 16.5. The van der Waals surface area contributed by atoms with Crippen LogP contribution in [0.2, 0.25) is 0 Å². The van der Waals surface area contributed by atoms with E-state index in [0.717, 1.165) is 32.0 Å². The molecule has 0 amide bonds. The normalized spacial score (nSPS) is 17.6. The van der Waals surface area contributed by atoms with Crippen LogP contribution in [0.15, 0.2) is 0 Å². The highest BCUT2D eigenvalue weighted by Gasteiger charge is 2.32. The van der Waals surface area contributed by atoms with Gasteiger partial charge in [-0.15, -0.1) is 0 Å². The van der Waals surface area contributed by atoms with Crippen LogP contribution in [0.25, 0.3) is 0 Å². The topological polar surface area (TPSA) is 26.3 Å². The van der Waals surface area contributed by atoms with E-state index in [-0.39, 0.29) is 0 Å². The smallest absolute Gasteiger partial charge is 0.151 e. The van der Waals surface area contributed by atoms with Crippen LogP contribution >= 0.6 is 0 Å². The standard InChI is InChI=1S/C7H12O2.2C2H6/c1-9-7(6-8)4-2-3-5-7;2*1-2/h6H,2-5H2,1H3;2*1-2H3. The van der Waals surface area contributed by atoms with Gasteiger partial charge in [0.1, 0.15) is 5.60 Å².